The molecule has 1 heterocycles. The number of amides is 2. The minimum Gasteiger partial charge on any atom is -0.496 e. The van der Waals surface area contributed by atoms with Crippen molar-refractivity contribution in [3.05, 3.63) is 29.3 Å². The number of carbonyl (C=O) groups is 3. The monoisotopic (exact) mass is 362 g/mol. The average molecular weight is 362 g/mol. The Labute approximate surface area is 153 Å². The van der Waals surface area contributed by atoms with E-state index in [-0.39, 0.29) is 31.3 Å². The Morgan fingerprint density at radius 1 is 1.35 bits per heavy atom. The van der Waals surface area contributed by atoms with Crippen LogP contribution in [-0.4, -0.2) is 66.5 Å². The lowest BCUT2D eigenvalue weighted by atomic mass is 9.98. The first-order valence-corrected chi connectivity index (χ1v) is 8.70. The Morgan fingerprint density at radius 3 is 2.73 bits per heavy atom. The molecule has 1 aromatic rings. The fourth-order valence-electron chi connectivity index (χ4n) is 3.14. The molecular weight excluding hydrogens is 336 g/mol. The zero-order chi connectivity index (χ0) is 19.3. The molecule has 1 atom stereocenters. The molecule has 1 N–H and O–H groups in total. The first-order valence-electron chi connectivity index (χ1n) is 8.70. The van der Waals surface area contributed by atoms with Crippen LogP contribution in [0, 0.1) is 12.8 Å². The number of piperidine rings is 1. The zero-order valence-electron chi connectivity index (χ0n) is 15.5. The van der Waals surface area contributed by atoms with Crippen molar-refractivity contribution in [2.45, 2.75) is 26.2 Å². The molecule has 0 aromatic heterocycles. The van der Waals surface area contributed by atoms with E-state index >= 15 is 0 Å². The number of nitrogens with zero attached hydrogens (tertiary/aromatic N) is 2. The topological polar surface area (TPSA) is 87.2 Å². The van der Waals surface area contributed by atoms with E-state index in [0.717, 1.165) is 11.1 Å². The number of carboxylic acid groups (broad SMARTS) is 1. The van der Waals surface area contributed by atoms with E-state index in [9.17, 15) is 14.4 Å². The molecule has 0 radical (unpaired) electrons. The largest absolute Gasteiger partial charge is 0.496 e. The Morgan fingerprint density at radius 2 is 2.08 bits per heavy atom. The van der Waals surface area contributed by atoms with E-state index in [0.29, 0.717) is 25.1 Å². The summed E-state index contributed by atoms with van der Waals surface area (Å²) in [6.07, 6.45) is 1.40. The van der Waals surface area contributed by atoms with E-state index in [1.54, 1.807) is 19.1 Å². The molecule has 1 fully saturated rings. The van der Waals surface area contributed by atoms with Crippen molar-refractivity contribution in [3.63, 3.8) is 0 Å². The highest BCUT2D eigenvalue weighted by atomic mass is 16.5. The van der Waals surface area contributed by atoms with Crippen molar-refractivity contribution >= 4 is 17.8 Å². The first kappa shape index (κ1) is 19.8. The smallest absolute Gasteiger partial charge is 0.308 e. The van der Waals surface area contributed by atoms with E-state index < -0.39 is 11.9 Å². The summed E-state index contributed by atoms with van der Waals surface area (Å²) < 4.78 is 5.29. The van der Waals surface area contributed by atoms with Gasteiger partial charge in [0, 0.05) is 25.7 Å². The summed E-state index contributed by atoms with van der Waals surface area (Å²) in [5.41, 5.74) is 1.81. The molecule has 2 rings (SSSR count). The number of hydrogen-bond donors (Lipinski definition) is 1. The van der Waals surface area contributed by atoms with Crippen LogP contribution in [-0.2, 0) is 20.8 Å². The van der Waals surface area contributed by atoms with Gasteiger partial charge in [-0.2, -0.15) is 0 Å². The number of aliphatic carboxylic acids is 1. The second-order valence-corrected chi connectivity index (χ2v) is 6.76. The molecule has 1 aliphatic rings. The van der Waals surface area contributed by atoms with Gasteiger partial charge < -0.3 is 19.6 Å². The van der Waals surface area contributed by atoms with Gasteiger partial charge in [0.25, 0.3) is 0 Å². The minimum absolute atomic E-state index is 0.0562. The molecule has 0 spiro atoms. The zero-order valence-corrected chi connectivity index (χ0v) is 15.5. The molecule has 2 amide bonds. The van der Waals surface area contributed by atoms with Gasteiger partial charge >= 0.3 is 5.97 Å². The molecule has 0 bridgehead atoms. The number of ether oxygens (including phenoxy) is 1. The number of carboxylic acids is 1. The van der Waals surface area contributed by atoms with Gasteiger partial charge in [-0.3, -0.25) is 14.4 Å². The van der Waals surface area contributed by atoms with E-state index in [4.69, 9.17) is 9.84 Å². The third-order valence-electron chi connectivity index (χ3n) is 4.70. The highest BCUT2D eigenvalue weighted by Crippen LogP contribution is 2.21. The van der Waals surface area contributed by atoms with Crippen molar-refractivity contribution < 1.29 is 24.2 Å². The summed E-state index contributed by atoms with van der Waals surface area (Å²) >= 11 is 0. The number of benzene rings is 1. The maximum absolute atomic E-state index is 12.5. The molecule has 1 unspecified atom stereocenters. The van der Waals surface area contributed by atoms with Gasteiger partial charge in [-0.15, -0.1) is 0 Å². The van der Waals surface area contributed by atoms with Crippen LogP contribution in [0.3, 0.4) is 0 Å². The number of carbonyl (C=O) groups excluding carboxylic acids is 2. The second kappa shape index (κ2) is 8.69. The van der Waals surface area contributed by atoms with Crippen molar-refractivity contribution in [1.82, 2.24) is 9.80 Å². The average Bonchev–Trinajstić information content (AvgIpc) is 2.61. The second-order valence-electron chi connectivity index (χ2n) is 6.76. The number of likely N-dealkylation sites (N-methyl/N-ethyl adjacent to an activating group) is 1. The number of methoxy groups -OCH3 is 1. The lowest BCUT2D eigenvalue weighted by molar-refractivity contribution is -0.147. The van der Waals surface area contributed by atoms with Crippen molar-refractivity contribution in [2.24, 2.45) is 5.92 Å². The molecule has 1 aromatic carbocycles. The van der Waals surface area contributed by atoms with Crippen LogP contribution < -0.4 is 4.74 Å². The molecule has 0 saturated carbocycles. The van der Waals surface area contributed by atoms with Crippen LogP contribution in [0.15, 0.2) is 18.2 Å². The number of rotatable bonds is 6. The van der Waals surface area contributed by atoms with Gasteiger partial charge in [0.05, 0.1) is 26.0 Å². The summed E-state index contributed by atoms with van der Waals surface area (Å²) in [6, 6.07) is 5.63. The van der Waals surface area contributed by atoms with E-state index in [1.165, 1.54) is 4.90 Å². The highest BCUT2D eigenvalue weighted by Gasteiger charge is 2.29. The third-order valence-corrected chi connectivity index (χ3v) is 4.70. The maximum atomic E-state index is 12.5. The lowest BCUT2D eigenvalue weighted by Crippen LogP contribution is -2.47. The number of likely N-dealkylation sites (tertiary alicyclic amines) is 1. The molecule has 26 heavy (non-hydrogen) atoms. The van der Waals surface area contributed by atoms with Gasteiger partial charge in [0.2, 0.25) is 11.8 Å². The Hall–Kier alpha value is -2.57. The van der Waals surface area contributed by atoms with Crippen molar-refractivity contribution in [2.75, 3.05) is 33.8 Å². The van der Waals surface area contributed by atoms with Crippen LogP contribution in [0.25, 0.3) is 0 Å². The molecule has 0 aliphatic carbocycles. The summed E-state index contributed by atoms with van der Waals surface area (Å²) in [4.78, 5) is 39.0. The normalized spacial score (nSPS) is 16.9. The predicted octanol–water partition coefficient (Wildman–Crippen LogP) is 1.33. The number of hydrogen-bond acceptors (Lipinski definition) is 4. The van der Waals surface area contributed by atoms with Crippen LogP contribution in [0.1, 0.15) is 24.0 Å². The van der Waals surface area contributed by atoms with Crippen LogP contribution in [0.2, 0.25) is 0 Å². The van der Waals surface area contributed by atoms with Gasteiger partial charge in [-0.25, -0.2) is 0 Å². The Bertz CT molecular complexity index is 689. The lowest BCUT2D eigenvalue weighted by Gasteiger charge is -2.32. The standard InChI is InChI=1S/C19H26N2O5/c1-13-6-7-16(26-3)15(9-13)10-17(22)20(2)12-18(23)21-8-4-5-14(11-21)19(24)25/h6-7,9,14H,4-5,8,10-12H2,1-3H3,(H,24,25). The van der Waals surface area contributed by atoms with Crippen LogP contribution in [0.5, 0.6) is 5.75 Å². The number of aryl methyl sites for hydroxylation is 1. The summed E-state index contributed by atoms with van der Waals surface area (Å²) in [5, 5.41) is 9.13. The van der Waals surface area contributed by atoms with E-state index in [1.807, 2.05) is 25.1 Å². The van der Waals surface area contributed by atoms with Gasteiger partial charge in [-0.05, 0) is 25.8 Å². The summed E-state index contributed by atoms with van der Waals surface area (Å²) in [5.74, 6) is -1.16. The quantitative estimate of drug-likeness (QED) is 0.825. The maximum Gasteiger partial charge on any atom is 0.308 e. The Kier molecular flexibility index (Phi) is 6.60. The van der Waals surface area contributed by atoms with Gasteiger partial charge in [0.1, 0.15) is 5.75 Å². The third kappa shape index (κ3) is 4.97. The van der Waals surface area contributed by atoms with Gasteiger partial charge in [0.15, 0.2) is 0 Å². The highest BCUT2D eigenvalue weighted by molar-refractivity contribution is 5.86. The van der Waals surface area contributed by atoms with Crippen molar-refractivity contribution in [1.29, 1.82) is 0 Å². The molecule has 1 saturated heterocycles. The first-order chi connectivity index (χ1) is 12.3. The molecule has 7 heteroatoms. The van der Waals surface area contributed by atoms with Crippen molar-refractivity contribution in [3.8, 4) is 5.75 Å². The Balaban J connectivity index is 1.95. The molecular formula is C19H26N2O5. The molecule has 7 nitrogen and oxygen atoms in total. The predicted molar refractivity (Wildman–Crippen MR) is 96.0 cm³/mol. The molecule has 142 valence electrons. The van der Waals surface area contributed by atoms with Gasteiger partial charge in [-0.1, -0.05) is 17.7 Å². The van der Waals surface area contributed by atoms with E-state index in [2.05, 4.69) is 0 Å². The summed E-state index contributed by atoms with van der Waals surface area (Å²) in [7, 11) is 3.14. The molecule has 1 aliphatic heterocycles. The summed E-state index contributed by atoms with van der Waals surface area (Å²) in [6.45, 7) is 2.63. The fraction of sp³-hybridized carbons (Fsp3) is 0.526. The SMILES string of the molecule is COc1ccc(C)cc1CC(=O)N(C)CC(=O)N1CCCC(C(=O)O)C1. The van der Waals surface area contributed by atoms with Crippen LogP contribution >= 0.6 is 0 Å². The van der Waals surface area contributed by atoms with Crippen LogP contribution in [0.4, 0.5) is 0 Å². The minimum atomic E-state index is -0.876. The fourth-order valence-corrected chi connectivity index (χ4v) is 3.14.